The minimum atomic E-state index is -3.70. The second-order valence-corrected chi connectivity index (χ2v) is 7.35. The Morgan fingerprint density at radius 1 is 1.29 bits per heavy atom. The molecule has 0 radical (unpaired) electrons. The van der Waals surface area contributed by atoms with Gasteiger partial charge in [-0.05, 0) is 32.6 Å². The lowest BCUT2D eigenvalue weighted by molar-refractivity contribution is -0.146. The third-order valence-electron chi connectivity index (χ3n) is 4.19. The monoisotopic (exact) mass is 319 g/mol. The fraction of sp³-hybridized carbons (Fsp3) is 0.923. The molecule has 1 aliphatic heterocycles. The molecule has 8 heteroatoms. The maximum Gasteiger partial charge on any atom is 0.324 e. The van der Waals surface area contributed by atoms with Crippen LogP contribution in [0.4, 0.5) is 0 Å². The fourth-order valence-corrected chi connectivity index (χ4v) is 4.77. The summed E-state index contributed by atoms with van der Waals surface area (Å²) in [6.45, 7) is 2.32. The van der Waals surface area contributed by atoms with Crippen molar-refractivity contribution in [3.8, 4) is 0 Å². The van der Waals surface area contributed by atoms with Gasteiger partial charge in [0.2, 0.25) is 0 Å². The Bertz CT molecular complexity index is 468. The molecule has 0 amide bonds. The summed E-state index contributed by atoms with van der Waals surface area (Å²) in [7, 11) is -3.70. The van der Waals surface area contributed by atoms with E-state index in [1.807, 2.05) is 0 Å². The van der Waals surface area contributed by atoms with E-state index in [2.05, 4.69) is 4.72 Å². The molecule has 1 aliphatic carbocycles. The maximum atomic E-state index is 12.5. The Balaban J connectivity index is 2.05. The minimum absolute atomic E-state index is 0.155. The van der Waals surface area contributed by atoms with Crippen LogP contribution in [0.25, 0.3) is 0 Å². The number of ether oxygens (including phenoxy) is 1. The third kappa shape index (κ3) is 3.94. The second kappa shape index (κ2) is 7.04. The molecule has 21 heavy (non-hydrogen) atoms. The standard InChI is InChI=1S/C13H25N3O4S/c1-2-20-13(17)12-8-5-9-16(12)21(18,19)15-11-7-4-3-6-10(11)14/h10-12,15H,2-9,14H2,1H3. The molecule has 122 valence electrons. The minimum Gasteiger partial charge on any atom is -0.465 e. The molecule has 0 aromatic carbocycles. The van der Waals surface area contributed by atoms with Crippen molar-refractivity contribution in [2.24, 2.45) is 5.73 Å². The SMILES string of the molecule is CCOC(=O)C1CCCN1S(=O)(=O)NC1CCCCC1N. The van der Waals surface area contributed by atoms with Crippen molar-refractivity contribution in [1.29, 1.82) is 0 Å². The predicted octanol–water partition coefficient (Wildman–Crippen LogP) is 0.118. The average molecular weight is 319 g/mol. The van der Waals surface area contributed by atoms with Gasteiger partial charge in [0.15, 0.2) is 0 Å². The molecule has 1 saturated heterocycles. The van der Waals surface area contributed by atoms with Gasteiger partial charge in [-0.1, -0.05) is 12.8 Å². The maximum absolute atomic E-state index is 12.5. The van der Waals surface area contributed by atoms with Crippen molar-refractivity contribution in [2.45, 2.75) is 63.6 Å². The van der Waals surface area contributed by atoms with E-state index in [1.165, 1.54) is 4.31 Å². The van der Waals surface area contributed by atoms with E-state index in [1.54, 1.807) is 6.92 Å². The number of nitrogens with two attached hydrogens (primary N) is 1. The molecule has 0 aromatic heterocycles. The quantitative estimate of drug-likeness (QED) is 0.701. The van der Waals surface area contributed by atoms with E-state index in [-0.39, 0.29) is 18.7 Å². The van der Waals surface area contributed by atoms with Crippen LogP contribution in [0.5, 0.6) is 0 Å². The number of hydrogen-bond donors (Lipinski definition) is 2. The zero-order chi connectivity index (χ0) is 15.5. The highest BCUT2D eigenvalue weighted by Crippen LogP contribution is 2.24. The molecule has 2 rings (SSSR count). The van der Waals surface area contributed by atoms with E-state index >= 15 is 0 Å². The number of carbonyl (C=O) groups is 1. The van der Waals surface area contributed by atoms with Crippen molar-refractivity contribution in [3.05, 3.63) is 0 Å². The molecule has 7 nitrogen and oxygen atoms in total. The summed E-state index contributed by atoms with van der Waals surface area (Å²) in [5.41, 5.74) is 5.99. The lowest BCUT2D eigenvalue weighted by Gasteiger charge is -2.31. The molecule has 0 spiro atoms. The molecule has 1 saturated carbocycles. The van der Waals surface area contributed by atoms with E-state index < -0.39 is 22.2 Å². The molecule has 0 bridgehead atoms. The van der Waals surface area contributed by atoms with Gasteiger partial charge in [-0.25, -0.2) is 0 Å². The first-order valence-electron chi connectivity index (χ1n) is 7.67. The molecule has 0 aromatic rings. The van der Waals surface area contributed by atoms with Crippen LogP contribution in [0.2, 0.25) is 0 Å². The van der Waals surface area contributed by atoms with Gasteiger partial charge in [0.25, 0.3) is 10.2 Å². The third-order valence-corrected chi connectivity index (χ3v) is 5.85. The van der Waals surface area contributed by atoms with Crippen molar-refractivity contribution >= 4 is 16.2 Å². The largest absolute Gasteiger partial charge is 0.465 e. The van der Waals surface area contributed by atoms with E-state index in [0.29, 0.717) is 19.4 Å². The van der Waals surface area contributed by atoms with Gasteiger partial charge < -0.3 is 10.5 Å². The molecule has 3 N–H and O–H groups in total. The van der Waals surface area contributed by atoms with Gasteiger partial charge in [0.05, 0.1) is 6.61 Å². The molecular weight excluding hydrogens is 294 g/mol. The summed E-state index contributed by atoms with van der Waals surface area (Å²) in [6, 6.07) is -1.10. The highest BCUT2D eigenvalue weighted by molar-refractivity contribution is 7.87. The highest BCUT2D eigenvalue weighted by atomic mass is 32.2. The van der Waals surface area contributed by atoms with Crippen molar-refractivity contribution in [2.75, 3.05) is 13.2 Å². The first-order chi connectivity index (χ1) is 9.95. The van der Waals surface area contributed by atoms with Gasteiger partial charge in [-0.3, -0.25) is 4.79 Å². The van der Waals surface area contributed by atoms with E-state index in [4.69, 9.17) is 10.5 Å². The fourth-order valence-electron chi connectivity index (χ4n) is 3.07. The number of hydrogen-bond acceptors (Lipinski definition) is 5. The summed E-state index contributed by atoms with van der Waals surface area (Å²) >= 11 is 0. The first-order valence-corrected chi connectivity index (χ1v) is 9.11. The van der Waals surface area contributed by atoms with Crippen LogP contribution in [0, 0.1) is 0 Å². The summed E-state index contributed by atoms with van der Waals surface area (Å²) in [4.78, 5) is 11.9. The Morgan fingerprint density at radius 2 is 2.00 bits per heavy atom. The van der Waals surface area contributed by atoms with Crippen LogP contribution >= 0.6 is 0 Å². The molecule has 3 atom stereocenters. The second-order valence-electron chi connectivity index (χ2n) is 5.70. The molecule has 2 fully saturated rings. The van der Waals surface area contributed by atoms with E-state index in [9.17, 15) is 13.2 Å². The van der Waals surface area contributed by atoms with Gasteiger partial charge >= 0.3 is 5.97 Å². The van der Waals surface area contributed by atoms with Crippen LogP contribution in [0.3, 0.4) is 0 Å². The first kappa shape index (κ1) is 16.7. The van der Waals surface area contributed by atoms with Crippen molar-refractivity contribution in [1.82, 2.24) is 9.03 Å². The van der Waals surface area contributed by atoms with Crippen molar-refractivity contribution < 1.29 is 17.9 Å². The summed E-state index contributed by atoms with van der Waals surface area (Å²) in [5.74, 6) is -0.465. The number of rotatable bonds is 5. The van der Waals surface area contributed by atoms with Gasteiger partial charge in [-0.2, -0.15) is 17.4 Å². The zero-order valence-corrected chi connectivity index (χ0v) is 13.3. The lowest BCUT2D eigenvalue weighted by atomic mass is 9.92. The number of carbonyl (C=O) groups excluding carboxylic acids is 1. The number of nitrogens with one attached hydrogen (secondary N) is 1. The molecule has 2 aliphatic rings. The smallest absolute Gasteiger partial charge is 0.324 e. The Labute approximate surface area is 126 Å². The number of esters is 1. The van der Waals surface area contributed by atoms with Crippen molar-refractivity contribution in [3.63, 3.8) is 0 Å². The number of nitrogens with zero attached hydrogens (tertiary/aromatic N) is 1. The average Bonchev–Trinajstić information content (AvgIpc) is 2.92. The summed E-state index contributed by atoms with van der Waals surface area (Å²) in [6.07, 6.45) is 4.77. The molecule has 3 unspecified atom stereocenters. The van der Waals surface area contributed by atoms with Crippen LogP contribution in [-0.4, -0.2) is 50.0 Å². The highest BCUT2D eigenvalue weighted by Gasteiger charge is 2.41. The van der Waals surface area contributed by atoms with Crippen LogP contribution in [0.1, 0.15) is 45.4 Å². The Hall–Kier alpha value is -0.700. The lowest BCUT2D eigenvalue weighted by Crippen LogP contribution is -2.55. The van der Waals surface area contributed by atoms with Gasteiger partial charge in [0.1, 0.15) is 6.04 Å². The molecule has 1 heterocycles. The van der Waals surface area contributed by atoms with Crippen LogP contribution in [-0.2, 0) is 19.7 Å². The van der Waals surface area contributed by atoms with Crippen LogP contribution in [0.15, 0.2) is 0 Å². The topological polar surface area (TPSA) is 102 Å². The molecular formula is C13H25N3O4S. The zero-order valence-electron chi connectivity index (χ0n) is 12.5. The Morgan fingerprint density at radius 3 is 2.67 bits per heavy atom. The van der Waals surface area contributed by atoms with Gasteiger partial charge in [0, 0.05) is 18.6 Å². The Kier molecular flexibility index (Phi) is 5.59. The summed E-state index contributed by atoms with van der Waals surface area (Å²) in [5, 5.41) is 0. The van der Waals surface area contributed by atoms with Crippen LogP contribution < -0.4 is 10.5 Å². The predicted molar refractivity (Wildman–Crippen MR) is 78.6 cm³/mol. The van der Waals surface area contributed by atoms with Gasteiger partial charge in [-0.15, -0.1) is 0 Å². The van der Waals surface area contributed by atoms with E-state index in [0.717, 1.165) is 25.7 Å². The summed E-state index contributed by atoms with van der Waals surface area (Å²) < 4.78 is 33.9. The normalized spacial score (nSPS) is 31.2.